The fourth-order valence-corrected chi connectivity index (χ4v) is 11.5. The highest BCUT2D eigenvalue weighted by Crippen LogP contribution is 2.33. The number of aliphatic hydroxyl groups is 11. The van der Waals surface area contributed by atoms with Gasteiger partial charge in [-0.15, -0.1) is 0 Å². The van der Waals surface area contributed by atoms with Crippen molar-refractivity contribution in [3.05, 3.63) is 60.8 Å². The highest BCUT2D eigenvalue weighted by molar-refractivity contribution is 5.76. The lowest BCUT2D eigenvalue weighted by atomic mass is 9.96. The maximum absolute atomic E-state index is 13.3. The maximum Gasteiger partial charge on any atom is 0.220 e. The van der Waals surface area contributed by atoms with E-state index in [9.17, 15) is 61.0 Å². The van der Waals surface area contributed by atoms with Gasteiger partial charge in [-0.2, -0.15) is 0 Å². The van der Waals surface area contributed by atoms with Crippen LogP contribution in [0.5, 0.6) is 0 Å². The molecule has 3 aliphatic rings. The third kappa shape index (κ3) is 33.9. The van der Waals surface area contributed by atoms with E-state index >= 15 is 0 Å². The molecule has 19 heteroatoms. The second kappa shape index (κ2) is 51.8. The Morgan fingerprint density at radius 3 is 1.22 bits per heavy atom. The van der Waals surface area contributed by atoms with Crippen molar-refractivity contribution < 1.29 is 89.4 Å². The number of aliphatic hydroxyl groups excluding tert-OH is 11. The molecular formula is C70H125NO18. The van der Waals surface area contributed by atoms with Crippen LogP contribution in [0.4, 0.5) is 0 Å². The first-order valence-electron chi connectivity index (χ1n) is 35.0. The second-order valence-corrected chi connectivity index (χ2v) is 25.0. The van der Waals surface area contributed by atoms with Gasteiger partial charge < -0.3 is 89.9 Å². The van der Waals surface area contributed by atoms with Gasteiger partial charge in [0.1, 0.15) is 73.2 Å². The molecule has 0 bridgehead atoms. The Morgan fingerprint density at radius 2 is 0.764 bits per heavy atom. The first-order chi connectivity index (χ1) is 43.3. The van der Waals surface area contributed by atoms with Crippen LogP contribution in [0.25, 0.3) is 0 Å². The predicted molar refractivity (Wildman–Crippen MR) is 346 cm³/mol. The molecule has 518 valence electrons. The minimum atomic E-state index is -1.99. The van der Waals surface area contributed by atoms with Crippen LogP contribution in [0.1, 0.15) is 245 Å². The van der Waals surface area contributed by atoms with Gasteiger partial charge in [-0.1, -0.05) is 229 Å². The fourth-order valence-electron chi connectivity index (χ4n) is 11.5. The van der Waals surface area contributed by atoms with Crippen molar-refractivity contribution in [2.75, 3.05) is 26.4 Å². The molecule has 89 heavy (non-hydrogen) atoms. The number of rotatable bonds is 53. The Morgan fingerprint density at radius 1 is 0.404 bits per heavy atom. The summed E-state index contributed by atoms with van der Waals surface area (Å²) in [5.41, 5.74) is 0. The van der Waals surface area contributed by atoms with Crippen molar-refractivity contribution in [2.24, 2.45) is 0 Å². The number of carbonyl (C=O) groups is 1. The molecule has 17 unspecified atom stereocenters. The van der Waals surface area contributed by atoms with E-state index in [0.717, 1.165) is 70.6 Å². The van der Waals surface area contributed by atoms with Crippen molar-refractivity contribution in [3.63, 3.8) is 0 Å². The van der Waals surface area contributed by atoms with Gasteiger partial charge in [0.25, 0.3) is 0 Å². The number of allylic oxidation sites excluding steroid dienone is 9. The van der Waals surface area contributed by atoms with Gasteiger partial charge in [-0.3, -0.25) is 4.79 Å². The summed E-state index contributed by atoms with van der Waals surface area (Å²) in [6.07, 6.45) is 36.5. The Kier molecular flexibility index (Phi) is 47.0. The summed E-state index contributed by atoms with van der Waals surface area (Å²) in [5, 5.41) is 120. The normalized spacial score (nSPS) is 28.6. The molecule has 0 radical (unpaired) electrons. The van der Waals surface area contributed by atoms with Crippen LogP contribution in [0.15, 0.2) is 60.8 Å². The average Bonchev–Trinajstić information content (AvgIpc) is 2.35. The van der Waals surface area contributed by atoms with Gasteiger partial charge in [-0.05, 0) is 70.6 Å². The molecule has 12 N–H and O–H groups in total. The predicted octanol–water partition coefficient (Wildman–Crippen LogP) is 9.16. The summed E-state index contributed by atoms with van der Waals surface area (Å²) < 4.78 is 34.3. The van der Waals surface area contributed by atoms with E-state index in [1.54, 1.807) is 6.08 Å². The zero-order valence-electron chi connectivity index (χ0n) is 54.6. The zero-order valence-corrected chi connectivity index (χ0v) is 54.6. The van der Waals surface area contributed by atoms with E-state index in [2.05, 4.69) is 67.8 Å². The topological polar surface area (TPSA) is 307 Å². The molecule has 0 aliphatic carbocycles. The third-order valence-electron chi connectivity index (χ3n) is 17.3. The van der Waals surface area contributed by atoms with Crippen LogP contribution in [0.3, 0.4) is 0 Å². The van der Waals surface area contributed by atoms with Crippen LogP contribution < -0.4 is 5.32 Å². The summed E-state index contributed by atoms with van der Waals surface area (Å²) in [6, 6.07) is -1.01. The Balaban J connectivity index is 1.43. The van der Waals surface area contributed by atoms with Crippen molar-refractivity contribution in [1.29, 1.82) is 0 Å². The molecule has 0 aromatic heterocycles. The number of hydrogen-bond acceptors (Lipinski definition) is 18. The summed E-state index contributed by atoms with van der Waals surface area (Å²) in [5.74, 6) is -0.305. The number of nitrogens with one attached hydrogen (secondary N) is 1. The van der Waals surface area contributed by atoms with E-state index in [0.29, 0.717) is 12.8 Å². The van der Waals surface area contributed by atoms with Gasteiger partial charge in [0, 0.05) is 6.42 Å². The largest absolute Gasteiger partial charge is 0.394 e. The van der Waals surface area contributed by atoms with Crippen molar-refractivity contribution in [3.8, 4) is 0 Å². The molecule has 19 nitrogen and oxygen atoms in total. The molecule has 1 amide bonds. The lowest BCUT2D eigenvalue weighted by Gasteiger charge is -2.48. The average molecular weight is 1270 g/mol. The van der Waals surface area contributed by atoms with Crippen LogP contribution in [-0.4, -0.2) is 193 Å². The zero-order chi connectivity index (χ0) is 64.7. The van der Waals surface area contributed by atoms with Crippen molar-refractivity contribution in [2.45, 2.75) is 349 Å². The summed E-state index contributed by atoms with van der Waals surface area (Å²) >= 11 is 0. The standard InChI is InChI=1S/C70H125NO18/c1-3-5-7-9-11-13-15-17-19-20-21-22-23-24-25-26-27-28-29-30-31-32-33-34-35-37-39-41-43-45-47-54(75)53(71-58(76)48-46-44-42-40-38-36-18-16-14-12-10-8-6-4-2)52-84-68-64(82)61(79)66(56(50-73)86-68)89-70-65(83)62(80)67(57(51-74)87-70)88-69-63(81)60(78)59(77)55(49-72)85-69/h10,12,16,18,32-33,37,39,45,47,53-57,59-70,72-75,77-83H,3-9,11,13-15,17,19-31,34-36,38,40-44,46,48-52H2,1-2H3,(H,71,76)/b12-10-,18-16-,33-32+,39-37+,47-45+. The minimum absolute atomic E-state index is 0.214. The first-order valence-corrected chi connectivity index (χ1v) is 35.0. The first kappa shape index (κ1) is 80.7. The van der Waals surface area contributed by atoms with Crippen molar-refractivity contribution >= 4 is 5.91 Å². The Hall–Kier alpha value is -2.51. The monoisotopic (exact) mass is 1270 g/mol. The van der Waals surface area contributed by atoms with Crippen LogP contribution in [0, 0.1) is 0 Å². The van der Waals surface area contributed by atoms with E-state index in [1.807, 2.05) is 6.08 Å². The van der Waals surface area contributed by atoms with Gasteiger partial charge in [0.15, 0.2) is 18.9 Å². The quantitative estimate of drug-likeness (QED) is 0.0199. The molecule has 17 atom stereocenters. The molecule has 3 saturated heterocycles. The van der Waals surface area contributed by atoms with Crippen LogP contribution >= 0.6 is 0 Å². The SMILES string of the molecule is CCCC/C=C\C/C=C\CCCCCCCC(=O)NC(COC1OC(CO)C(OC2OC(CO)C(OC3OC(CO)C(O)C(O)C3O)C(O)C2O)C(O)C1O)C(O)/C=C/CC/C=C/CC/C=C/CCCCCCCCCCCCCCCCCCCCCC. The molecule has 0 aromatic rings. The van der Waals surface area contributed by atoms with Crippen LogP contribution in [0.2, 0.25) is 0 Å². The summed E-state index contributed by atoms with van der Waals surface area (Å²) in [6.45, 7) is 1.65. The third-order valence-corrected chi connectivity index (χ3v) is 17.3. The molecule has 0 saturated carbocycles. The van der Waals surface area contributed by atoms with Gasteiger partial charge in [0.2, 0.25) is 5.91 Å². The molecule has 3 aliphatic heterocycles. The number of carbonyl (C=O) groups excluding carboxylic acids is 1. The summed E-state index contributed by atoms with van der Waals surface area (Å²) in [7, 11) is 0. The highest BCUT2D eigenvalue weighted by Gasteiger charge is 2.53. The molecule has 3 fully saturated rings. The number of unbranched alkanes of at least 4 members (excludes halogenated alkanes) is 29. The number of ether oxygens (including phenoxy) is 6. The molecular weight excluding hydrogens is 1140 g/mol. The van der Waals surface area contributed by atoms with Gasteiger partial charge >= 0.3 is 0 Å². The van der Waals surface area contributed by atoms with Crippen LogP contribution in [-0.2, 0) is 33.2 Å². The van der Waals surface area contributed by atoms with Gasteiger partial charge in [0.05, 0.1) is 38.6 Å². The van der Waals surface area contributed by atoms with E-state index < -0.39 is 124 Å². The second-order valence-electron chi connectivity index (χ2n) is 25.0. The van der Waals surface area contributed by atoms with Gasteiger partial charge in [-0.25, -0.2) is 0 Å². The molecule has 0 spiro atoms. The summed E-state index contributed by atoms with van der Waals surface area (Å²) in [4.78, 5) is 13.3. The molecule has 0 aromatic carbocycles. The highest BCUT2D eigenvalue weighted by atomic mass is 16.8. The Labute approximate surface area is 535 Å². The smallest absolute Gasteiger partial charge is 0.220 e. The van der Waals surface area contributed by atoms with E-state index in [-0.39, 0.29) is 18.9 Å². The molecule has 3 heterocycles. The fraction of sp³-hybridized carbons (Fsp3) is 0.843. The van der Waals surface area contributed by atoms with Crippen molar-refractivity contribution in [1.82, 2.24) is 5.32 Å². The number of amides is 1. The lowest BCUT2D eigenvalue weighted by molar-refractivity contribution is -0.379. The Bertz CT molecular complexity index is 1850. The molecule has 3 rings (SSSR count). The maximum atomic E-state index is 13.3. The minimum Gasteiger partial charge on any atom is -0.394 e. The number of hydrogen-bond donors (Lipinski definition) is 12. The lowest BCUT2D eigenvalue weighted by Crippen LogP contribution is -2.66. The van der Waals surface area contributed by atoms with E-state index in [4.69, 9.17) is 28.4 Å². The van der Waals surface area contributed by atoms with E-state index in [1.165, 1.54) is 141 Å².